The molecule has 0 saturated heterocycles. The molecular formula is C16H15ClN2. The van der Waals surface area contributed by atoms with Crippen LogP contribution in [0.1, 0.15) is 5.56 Å². The average molecular weight is 271 g/mol. The molecule has 2 aromatic carbocycles. The van der Waals surface area contributed by atoms with Crippen molar-refractivity contribution in [2.45, 2.75) is 6.92 Å². The third-order valence-electron chi connectivity index (χ3n) is 3.21. The lowest BCUT2D eigenvalue weighted by Gasteiger charge is -2.08. The van der Waals surface area contributed by atoms with Crippen LogP contribution in [0.5, 0.6) is 0 Å². The summed E-state index contributed by atoms with van der Waals surface area (Å²) < 4.78 is 0. The zero-order valence-electron chi connectivity index (χ0n) is 10.6. The van der Waals surface area contributed by atoms with Crippen LogP contribution in [0.25, 0.3) is 21.9 Å². The molecular weight excluding hydrogens is 256 g/mol. The van der Waals surface area contributed by atoms with Gasteiger partial charge in [-0.05, 0) is 53.3 Å². The molecule has 0 atom stereocenters. The minimum atomic E-state index is 0. The molecule has 0 spiro atoms. The predicted molar refractivity (Wildman–Crippen MR) is 83.6 cm³/mol. The molecule has 0 aliphatic carbocycles. The van der Waals surface area contributed by atoms with Crippen molar-refractivity contribution in [1.82, 2.24) is 4.98 Å². The summed E-state index contributed by atoms with van der Waals surface area (Å²) in [4.78, 5) is 4.16. The number of hydrogen-bond acceptors (Lipinski definition) is 2. The molecule has 0 saturated carbocycles. The normalized spacial score (nSPS) is 10.2. The van der Waals surface area contributed by atoms with Gasteiger partial charge in [0, 0.05) is 23.5 Å². The Balaban J connectivity index is 0.00000133. The molecule has 1 heterocycles. The number of aryl methyl sites for hydroxylation is 1. The van der Waals surface area contributed by atoms with Gasteiger partial charge < -0.3 is 5.73 Å². The minimum absolute atomic E-state index is 0. The number of aromatic nitrogens is 1. The number of rotatable bonds is 1. The summed E-state index contributed by atoms with van der Waals surface area (Å²) in [6, 6.07) is 14.4. The van der Waals surface area contributed by atoms with Crippen molar-refractivity contribution in [3.05, 3.63) is 60.4 Å². The van der Waals surface area contributed by atoms with E-state index in [0.717, 1.165) is 11.1 Å². The smallest absolute Gasteiger partial charge is 0.0346 e. The van der Waals surface area contributed by atoms with E-state index in [4.69, 9.17) is 5.73 Å². The number of halogens is 1. The summed E-state index contributed by atoms with van der Waals surface area (Å²) in [5, 5.41) is 2.35. The van der Waals surface area contributed by atoms with Crippen molar-refractivity contribution in [2.75, 3.05) is 5.73 Å². The first-order chi connectivity index (χ1) is 8.74. The Kier molecular flexibility index (Phi) is 3.72. The van der Waals surface area contributed by atoms with E-state index in [9.17, 15) is 0 Å². The van der Waals surface area contributed by atoms with Crippen LogP contribution in [-0.2, 0) is 0 Å². The van der Waals surface area contributed by atoms with Gasteiger partial charge in [-0.1, -0.05) is 18.2 Å². The van der Waals surface area contributed by atoms with Gasteiger partial charge in [-0.15, -0.1) is 12.4 Å². The first kappa shape index (κ1) is 13.4. The van der Waals surface area contributed by atoms with Gasteiger partial charge >= 0.3 is 0 Å². The summed E-state index contributed by atoms with van der Waals surface area (Å²) in [5.41, 5.74) is 10.2. The van der Waals surface area contributed by atoms with Crippen LogP contribution < -0.4 is 5.73 Å². The second-order valence-corrected chi connectivity index (χ2v) is 4.51. The summed E-state index contributed by atoms with van der Waals surface area (Å²) in [5.74, 6) is 0. The van der Waals surface area contributed by atoms with E-state index in [0.29, 0.717) is 0 Å². The lowest BCUT2D eigenvalue weighted by Crippen LogP contribution is -1.89. The number of hydrogen-bond donors (Lipinski definition) is 1. The van der Waals surface area contributed by atoms with Crippen molar-refractivity contribution in [2.24, 2.45) is 0 Å². The molecule has 0 aliphatic heterocycles. The van der Waals surface area contributed by atoms with E-state index in [2.05, 4.69) is 36.2 Å². The van der Waals surface area contributed by atoms with Crippen molar-refractivity contribution in [3.8, 4) is 11.1 Å². The third-order valence-corrected chi connectivity index (χ3v) is 3.21. The van der Waals surface area contributed by atoms with E-state index in [1.165, 1.54) is 22.1 Å². The monoisotopic (exact) mass is 270 g/mol. The molecule has 0 bridgehead atoms. The Hall–Kier alpha value is -2.06. The molecule has 3 aromatic rings. The number of benzene rings is 2. The summed E-state index contributed by atoms with van der Waals surface area (Å²) in [6.45, 7) is 2.10. The largest absolute Gasteiger partial charge is 0.399 e. The highest BCUT2D eigenvalue weighted by Gasteiger charge is 2.03. The maximum absolute atomic E-state index is 5.87. The Morgan fingerprint density at radius 3 is 2.63 bits per heavy atom. The van der Waals surface area contributed by atoms with Crippen molar-refractivity contribution in [3.63, 3.8) is 0 Å². The Labute approximate surface area is 118 Å². The topological polar surface area (TPSA) is 38.9 Å². The molecule has 0 amide bonds. The summed E-state index contributed by atoms with van der Waals surface area (Å²) >= 11 is 0. The van der Waals surface area contributed by atoms with Crippen molar-refractivity contribution in [1.29, 1.82) is 0 Å². The quantitative estimate of drug-likeness (QED) is 0.673. The van der Waals surface area contributed by atoms with Crippen LogP contribution >= 0.6 is 12.4 Å². The number of fused-ring (bicyclic) bond motifs is 1. The van der Waals surface area contributed by atoms with Crippen LogP contribution in [0.15, 0.2) is 54.9 Å². The molecule has 3 heteroatoms. The van der Waals surface area contributed by atoms with Gasteiger partial charge in [0.2, 0.25) is 0 Å². The van der Waals surface area contributed by atoms with Gasteiger partial charge in [-0.3, -0.25) is 4.98 Å². The van der Waals surface area contributed by atoms with E-state index < -0.39 is 0 Å². The third kappa shape index (κ3) is 2.54. The molecule has 0 fully saturated rings. The summed E-state index contributed by atoms with van der Waals surface area (Å²) in [7, 11) is 0. The predicted octanol–water partition coefficient (Wildman–Crippen LogP) is 4.21. The highest BCUT2D eigenvalue weighted by molar-refractivity contribution is 5.87. The zero-order chi connectivity index (χ0) is 12.5. The fourth-order valence-corrected chi connectivity index (χ4v) is 2.20. The van der Waals surface area contributed by atoms with Crippen molar-refractivity contribution >= 4 is 28.9 Å². The second kappa shape index (κ2) is 5.29. The summed E-state index contributed by atoms with van der Waals surface area (Å²) in [6.07, 6.45) is 3.70. The molecule has 0 aliphatic rings. The standard InChI is InChI=1S/C16H14N2.ClH/c1-11-2-5-15(17)9-16(11)13-4-3-12-6-7-18-10-14(12)8-13;/h2-10H,17H2,1H3;1H. The van der Waals surface area contributed by atoms with E-state index >= 15 is 0 Å². The van der Waals surface area contributed by atoms with Gasteiger partial charge in [0.25, 0.3) is 0 Å². The van der Waals surface area contributed by atoms with E-state index in [1.807, 2.05) is 30.6 Å². The number of nitrogens with zero attached hydrogens (tertiary/aromatic N) is 1. The Morgan fingerprint density at radius 1 is 0.947 bits per heavy atom. The number of pyridine rings is 1. The lowest BCUT2D eigenvalue weighted by molar-refractivity contribution is 1.36. The average Bonchev–Trinajstić information content (AvgIpc) is 2.41. The maximum Gasteiger partial charge on any atom is 0.0346 e. The number of nitrogens with two attached hydrogens (primary N) is 1. The molecule has 2 nitrogen and oxygen atoms in total. The zero-order valence-corrected chi connectivity index (χ0v) is 11.4. The highest BCUT2D eigenvalue weighted by atomic mass is 35.5. The van der Waals surface area contributed by atoms with Gasteiger partial charge in [0.1, 0.15) is 0 Å². The Bertz CT molecular complexity index is 723. The minimum Gasteiger partial charge on any atom is -0.399 e. The molecule has 0 radical (unpaired) electrons. The SMILES string of the molecule is Cc1ccc(N)cc1-c1ccc2ccncc2c1.Cl. The first-order valence-electron chi connectivity index (χ1n) is 5.94. The molecule has 1 aromatic heterocycles. The van der Waals surface area contributed by atoms with Crippen LogP contribution in [0, 0.1) is 6.92 Å². The van der Waals surface area contributed by atoms with Crippen LogP contribution in [-0.4, -0.2) is 4.98 Å². The number of anilines is 1. The molecule has 3 rings (SSSR count). The highest BCUT2D eigenvalue weighted by Crippen LogP contribution is 2.28. The van der Waals surface area contributed by atoms with Crippen molar-refractivity contribution < 1.29 is 0 Å². The van der Waals surface area contributed by atoms with Crippen LogP contribution in [0.4, 0.5) is 5.69 Å². The van der Waals surface area contributed by atoms with Crippen LogP contribution in [0.2, 0.25) is 0 Å². The number of nitrogen functional groups attached to an aromatic ring is 1. The molecule has 2 N–H and O–H groups in total. The van der Waals surface area contributed by atoms with Gasteiger partial charge in [-0.25, -0.2) is 0 Å². The fourth-order valence-electron chi connectivity index (χ4n) is 2.20. The molecule has 96 valence electrons. The molecule has 19 heavy (non-hydrogen) atoms. The van der Waals surface area contributed by atoms with E-state index in [1.54, 1.807) is 0 Å². The lowest BCUT2D eigenvalue weighted by atomic mass is 9.98. The van der Waals surface area contributed by atoms with Gasteiger partial charge in [0.15, 0.2) is 0 Å². The van der Waals surface area contributed by atoms with Gasteiger partial charge in [-0.2, -0.15) is 0 Å². The molecule has 0 unspecified atom stereocenters. The van der Waals surface area contributed by atoms with Gasteiger partial charge in [0.05, 0.1) is 0 Å². The van der Waals surface area contributed by atoms with E-state index in [-0.39, 0.29) is 12.4 Å². The Morgan fingerprint density at radius 2 is 1.79 bits per heavy atom. The maximum atomic E-state index is 5.87. The fraction of sp³-hybridized carbons (Fsp3) is 0.0625. The van der Waals surface area contributed by atoms with Crippen LogP contribution in [0.3, 0.4) is 0 Å². The first-order valence-corrected chi connectivity index (χ1v) is 5.94. The second-order valence-electron chi connectivity index (χ2n) is 4.51.